The number of hydrogen-bond donors (Lipinski definition) is 0. The third-order valence-corrected chi connectivity index (χ3v) is 4.45. The van der Waals surface area contributed by atoms with Crippen molar-refractivity contribution in [2.45, 2.75) is 45.7 Å². The summed E-state index contributed by atoms with van der Waals surface area (Å²) >= 11 is 0.688. The SMILES string of the molecule is [2H]C([2H])([2H])OC(=O)c1nc(C([2H])([2H])[2H])c(B2OC(C)(C)C(C)(C)O2)s1. The molecule has 1 aliphatic rings. The highest BCUT2D eigenvalue weighted by Gasteiger charge is 2.53. The monoisotopic (exact) mass is 289 g/mol. The number of hydrogen-bond acceptors (Lipinski definition) is 6. The molecule has 5 nitrogen and oxygen atoms in total. The number of nitrogens with zero attached hydrogens (tertiary/aromatic N) is 1. The minimum absolute atomic E-state index is 0.0936. The topological polar surface area (TPSA) is 57.7 Å². The van der Waals surface area contributed by atoms with E-state index in [2.05, 4.69) is 9.72 Å². The Labute approximate surface area is 125 Å². The lowest BCUT2D eigenvalue weighted by molar-refractivity contribution is 0.00578. The second-order valence-corrected chi connectivity index (χ2v) is 6.24. The minimum atomic E-state index is -2.95. The molecule has 0 N–H and O–H groups in total. The molecule has 0 atom stereocenters. The average Bonchev–Trinajstić information content (AvgIpc) is 2.86. The Hall–Kier alpha value is -0.915. The Kier molecular flexibility index (Phi) is 2.02. The number of aromatic nitrogens is 1. The molecule has 7 heteroatoms. The van der Waals surface area contributed by atoms with Crippen LogP contribution in [0, 0.1) is 6.85 Å². The molecule has 1 aromatic rings. The van der Waals surface area contributed by atoms with Gasteiger partial charge in [-0.2, -0.15) is 0 Å². The van der Waals surface area contributed by atoms with Crippen LogP contribution in [0.25, 0.3) is 0 Å². The molecule has 0 radical (unpaired) electrons. The van der Waals surface area contributed by atoms with Crippen molar-refractivity contribution >= 4 is 29.2 Å². The number of thiazole rings is 1. The van der Waals surface area contributed by atoms with E-state index in [9.17, 15) is 4.79 Å². The summed E-state index contributed by atoms with van der Waals surface area (Å²) in [5.41, 5.74) is -1.80. The summed E-state index contributed by atoms with van der Waals surface area (Å²) in [5.74, 6) is -1.22. The summed E-state index contributed by atoms with van der Waals surface area (Å²) in [4.78, 5) is 15.7. The van der Waals surface area contributed by atoms with Crippen LogP contribution in [0.5, 0.6) is 0 Å². The molecule has 19 heavy (non-hydrogen) atoms. The van der Waals surface area contributed by atoms with Gasteiger partial charge in [0.1, 0.15) is 0 Å². The van der Waals surface area contributed by atoms with Crippen LogP contribution in [-0.2, 0) is 14.0 Å². The average molecular weight is 289 g/mol. The molecule has 0 aliphatic carbocycles. The molecule has 104 valence electrons. The standard InChI is InChI=1S/C12H18BNO4S/c1-7-8(19-9(14-7)10(15)16-6)13-17-11(2,3)12(4,5)18-13/h1-6H3/i1D3,6D3. The lowest BCUT2D eigenvalue weighted by Gasteiger charge is -2.32. The quantitative estimate of drug-likeness (QED) is 0.610. The van der Waals surface area contributed by atoms with Crippen molar-refractivity contribution in [2.24, 2.45) is 0 Å². The zero-order valence-corrected chi connectivity index (χ0v) is 11.9. The number of rotatable bonds is 2. The summed E-state index contributed by atoms with van der Waals surface area (Å²) in [7, 11) is -3.99. The normalized spacial score (nSPS) is 26.6. The van der Waals surface area contributed by atoms with E-state index in [1.54, 1.807) is 27.7 Å². The van der Waals surface area contributed by atoms with Gasteiger partial charge >= 0.3 is 13.1 Å². The Balaban J connectivity index is 2.43. The first-order valence-electron chi connectivity index (χ1n) is 8.64. The van der Waals surface area contributed by atoms with E-state index in [1.165, 1.54) is 0 Å². The molecular weight excluding hydrogens is 265 g/mol. The Morgan fingerprint density at radius 2 is 2.00 bits per heavy atom. The van der Waals surface area contributed by atoms with Crippen LogP contribution < -0.4 is 4.78 Å². The molecule has 0 bridgehead atoms. The van der Waals surface area contributed by atoms with Crippen molar-refractivity contribution in [3.05, 3.63) is 10.7 Å². The van der Waals surface area contributed by atoms with Crippen molar-refractivity contribution < 1.29 is 27.1 Å². The van der Waals surface area contributed by atoms with Gasteiger partial charge in [0.05, 0.1) is 27.1 Å². The predicted octanol–water partition coefficient (Wildman–Crippen LogP) is 1.54. The maximum absolute atomic E-state index is 11.9. The van der Waals surface area contributed by atoms with E-state index < -0.39 is 38.2 Å². The fourth-order valence-electron chi connectivity index (χ4n) is 1.57. The van der Waals surface area contributed by atoms with E-state index >= 15 is 0 Å². The molecule has 1 aliphatic heterocycles. The van der Waals surface area contributed by atoms with Crippen LogP contribution in [0.3, 0.4) is 0 Å². The molecule has 1 fully saturated rings. The maximum Gasteiger partial charge on any atom is 0.507 e. The van der Waals surface area contributed by atoms with Gasteiger partial charge in [0.25, 0.3) is 0 Å². The largest absolute Gasteiger partial charge is 0.507 e. The first-order valence-corrected chi connectivity index (χ1v) is 6.45. The Morgan fingerprint density at radius 1 is 1.37 bits per heavy atom. The van der Waals surface area contributed by atoms with E-state index in [0.717, 1.165) is 0 Å². The number of esters is 1. The highest BCUT2D eigenvalue weighted by molar-refractivity contribution is 7.23. The van der Waals surface area contributed by atoms with E-state index in [0.29, 0.717) is 11.3 Å². The molecule has 0 unspecified atom stereocenters. The van der Waals surface area contributed by atoms with Crippen LogP contribution in [0.2, 0.25) is 0 Å². The first kappa shape index (κ1) is 8.39. The van der Waals surface area contributed by atoms with Gasteiger partial charge in [-0.15, -0.1) is 11.3 Å². The van der Waals surface area contributed by atoms with Crippen LogP contribution in [0.4, 0.5) is 0 Å². The fourth-order valence-corrected chi connectivity index (χ4v) is 2.38. The predicted molar refractivity (Wildman–Crippen MR) is 73.9 cm³/mol. The number of ether oxygens (including phenoxy) is 1. The molecule has 1 aromatic heterocycles. The zero-order valence-electron chi connectivity index (χ0n) is 17.1. The van der Waals surface area contributed by atoms with Crippen molar-refractivity contribution in [1.82, 2.24) is 4.98 Å². The van der Waals surface area contributed by atoms with Gasteiger partial charge in [0.2, 0.25) is 5.01 Å². The van der Waals surface area contributed by atoms with Crippen LogP contribution in [-0.4, -0.2) is 36.3 Å². The lowest BCUT2D eigenvalue weighted by Crippen LogP contribution is -2.41. The van der Waals surface area contributed by atoms with Crippen molar-refractivity contribution in [3.8, 4) is 0 Å². The molecule has 1 saturated heterocycles. The van der Waals surface area contributed by atoms with E-state index in [4.69, 9.17) is 17.5 Å². The second-order valence-electron chi connectivity index (χ2n) is 5.21. The van der Waals surface area contributed by atoms with Gasteiger partial charge in [0.15, 0.2) is 0 Å². The molecule has 0 amide bonds. The third-order valence-electron chi connectivity index (χ3n) is 3.39. The maximum atomic E-state index is 11.9. The molecule has 2 heterocycles. The molecule has 0 spiro atoms. The number of aryl methyl sites for hydroxylation is 1. The molecule has 0 aromatic carbocycles. The summed E-state index contributed by atoms with van der Waals surface area (Å²) in [6.45, 7) is 4.56. The van der Waals surface area contributed by atoms with E-state index in [-0.39, 0.29) is 15.5 Å². The van der Waals surface area contributed by atoms with Crippen molar-refractivity contribution in [2.75, 3.05) is 7.04 Å². The van der Waals surface area contributed by atoms with Crippen molar-refractivity contribution in [3.63, 3.8) is 0 Å². The number of carbonyl (C=O) groups excluding carboxylic acids is 1. The lowest BCUT2D eigenvalue weighted by atomic mass is 9.86. The molecule has 0 saturated carbocycles. The zero-order chi connectivity index (χ0) is 19.4. The summed E-state index contributed by atoms with van der Waals surface area (Å²) in [6.07, 6.45) is 0. The van der Waals surface area contributed by atoms with E-state index in [1.807, 2.05) is 0 Å². The second kappa shape index (κ2) is 4.57. The summed E-state index contributed by atoms with van der Waals surface area (Å²) in [6, 6.07) is 0. The van der Waals surface area contributed by atoms with Crippen LogP contribution >= 0.6 is 11.3 Å². The van der Waals surface area contributed by atoms with Crippen molar-refractivity contribution in [1.29, 1.82) is 0 Å². The van der Waals surface area contributed by atoms with Crippen LogP contribution in [0.1, 0.15) is 51.4 Å². The summed E-state index contributed by atoms with van der Waals surface area (Å²) in [5, 5.41) is -0.382. The first-order chi connectivity index (χ1) is 11.0. The number of methoxy groups -OCH3 is 1. The summed E-state index contributed by atoms with van der Waals surface area (Å²) < 4.78 is 59.8. The third kappa shape index (κ3) is 2.42. The van der Waals surface area contributed by atoms with Gasteiger partial charge in [0, 0.05) is 9.81 Å². The van der Waals surface area contributed by atoms with Gasteiger partial charge in [-0.25, -0.2) is 9.78 Å². The number of carbonyl (C=O) groups is 1. The molecule has 2 rings (SSSR count). The highest BCUT2D eigenvalue weighted by Crippen LogP contribution is 2.37. The Morgan fingerprint density at radius 3 is 2.53 bits per heavy atom. The smallest absolute Gasteiger partial charge is 0.464 e. The van der Waals surface area contributed by atoms with Crippen LogP contribution in [0.15, 0.2) is 0 Å². The van der Waals surface area contributed by atoms with Gasteiger partial charge in [-0.05, 0) is 34.5 Å². The highest BCUT2D eigenvalue weighted by atomic mass is 32.1. The Bertz CT molecular complexity index is 668. The van der Waals surface area contributed by atoms with Gasteiger partial charge in [-0.3, -0.25) is 0 Å². The minimum Gasteiger partial charge on any atom is -0.464 e. The fraction of sp³-hybridized carbons (Fsp3) is 0.667. The van der Waals surface area contributed by atoms with Gasteiger partial charge < -0.3 is 14.0 Å². The van der Waals surface area contributed by atoms with Gasteiger partial charge in [-0.1, -0.05) is 0 Å². The molecular formula is C12H18BNO4S.